The molecular weight excluding hydrogens is 296 g/mol. The van der Waals surface area contributed by atoms with Crippen LogP contribution in [-0.2, 0) is 19.1 Å². The van der Waals surface area contributed by atoms with Gasteiger partial charge in [0.25, 0.3) is 5.97 Å². The zero-order valence-corrected chi connectivity index (χ0v) is 11.0. The van der Waals surface area contributed by atoms with Gasteiger partial charge >= 0.3 is 5.97 Å². The second-order valence-electron chi connectivity index (χ2n) is 4.03. The topological polar surface area (TPSA) is 93.1 Å². The van der Waals surface area contributed by atoms with Crippen LogP contribution in [0.15, 0.2) is 0 Å². The van der Waals surface area contributed by atoms with E-state index in [-0.39, 0.29) is 23.0 Å². The summed E-state index contributed by atoms with van der Waals surface area (Å²) < 4.78 is 10.4. The first-order valence-electron chi connectivity index (χ1n) is 5.19. The Kier molecular flexibility index (Phi) is 4.91. The van der Waals surface area contributed by atoms with E-state index in [0.29, 0.717) is 13.2 Å². The quantitative estimate of drug-likeness (QED) is 0.741. The maximum absolute atomic E-state index is 10.6. The number of carboxylic acids is 2. The van der Waals surface area contributed by atoms with Crippen molar-refractivity contribution >= 4 is 27.9 Å². The Morgan fingerprint density at radius 1 is 1.41 bits per heavy atom. The Bertz CT molecular complexity index is 303. The molecule has 0 spiro atoms. The molecule has 0 aromatic heterocycles. The highest BCUT2D eigenvalue weighted by Crippen LogP contribution is 2.47. The molecule has 0 aromatic rings. The highest BCUT2D eigenvalue weighted by Gasteiger charge is 2.54. The van der Waals surface area contributed by atoms with Crippen molar-refractivity contribution in [1.29, 1.82) is 0 Å². The lowest BCUT2D eigenvalue weighted by atomic mass is 9.90. The second kappa shape index (κ2) is 5.79. The third-order valence-corrected chi connectivity index (χ3v) is 4.11. The Morgan fingerprint density at radius 3 is 2.53 bits per heavy atom. The van der Waals surface area contributed by atoms with Gasteiger partial charge in [0, 0.05) is 12.8 Å². The molecule has 2 saturated heterocycles. The Balaban J connectivity index is 0.000000317. The van der Waals surface area contributed by atoms with Crippen LogP contribution in [-0.4, -0.2) is 46.0 Å². The van der Waals surface area contributed by atoms with E-state index in [1.54, 1.807) is 0 Å². The Morgan fingerprint density at radius 2 is 2.00 bits per heavy atom. The molecule has 7 heteroatoms. The summed E-state index contributed by atoms with van der Waals surface area (Å²) in [7, 11) is 0. The van der Waals surface area contributed by atoms with E-state index in [0.717, 1.165) is 13.3 Å². The number of alkyl halides is 1. The van der Waals surface area contributed by atoms with E-state index in [2.05, 4.69) is 15.9 Å². The van der Waals surface area contributed by atoms with E-state index in [1.807, 2.05) is 0 Å². The summed E-state index contributed by atoms with van der Waals surface area (Å²) in [6.07, 6.45) is 0.720. The minimum absolute atomic E-state index is 0.0255. The van der Waals surface area contributed by atoms with E-state index in [1.165, 1.54) is 0 Å². The minimum Gasteiger partial charge on any atom is -0.481 e. The molecule has 2 N–H and O–H groups in total. The van der Waals surface area contributed by atoms with Gasteiger partial charge in [0.15, 0.2) is 6.29 Å². The predicted octanol–water partition coefficient (Wildman–Crippen LogP) is 1.08. The van der Waals surface area contributed by atoms with Crippen LogP contribution in [0.3, 0.4) is 0 Å². The van der Waals surface area contributed by atoms with E-state index >= 15 is 0 Å². The van der Waals surface area contributed by atoms with Gasteiger partial charge < -0.3 is 19.7 Å². The Hall–Kier alpha value is -0.660. The molecule has 2 fully saturated rings. The average molecular weight is 311 g/mol. The van der Waals surface area contributed by atoms with Crippen molar-refractivity contribution in [3.8, 4) is 0 Å². The second-order valence-corrected chi connectivity index (χ2v) is 5.50. The van der Waals surface area contributed by atoms with Gasteiger partial charge in [-0.05, 0) is 6.42 Å². The van der Waals surface area contributed by atoms with Gasteiger partial charge in [0.1, 0.15) is 0 Å². The monoisotopic (exact) mass is 310 g/mol. The van der Waals surface area contributed by atoms with Crippen LogP contribution in [0.5, 0.6) is 0 Å². The first kappa shape index (κ1) is 14.4. The van der Waals surface area contributed by atoms with Crippen LogP contribution in [0.1, 0.15) is 19.8 Å². The molecule has 2 rings (SSSR count). The van der Waals surface area contributed by atoms with Crippen LogP contribution in [0.4, 0.5) is 0 Å². The molecule has 17 heavy (non-hydrogen) atoms. The van der Waals surface area contributed by atoms with Crippen LogP contribution < -0.4 is 0 Å². The summed E-state index contributed by atoms with van der Waals surface area (Å²) in [5.74, 6) is -1.59. The van der Waals surface area contributed by atoms with Crippen LogP contribution in [0.25, 0.3) is 0 Å². The molecule has 0 bridgehead atoms. The molecule has 0 saturated carbocycles. The summed E-state index contributed by atoms with van der Waals surface area (Å²) in [4.78, 5) is 19.6. The number of ether oxygens (including phenoxy) is 2. The fraction of sp³-hybridized carbons (Fsp3) is 0.800. The maximum Gasteiger partial charge on any atom is 0.303 e. The fourth-order valence-electron chi connectivity index (χ4n) is 1.94. The summed E-state index contributed by atoms with van der Waals surface area (Å²) >= 11 is 3.55. The Labute approximate surface area is 107 Å². The first-order chi connectivity index (χ1) is 7.86. The normalized spacial score (nSPS) is 34.7. The molecule has 2 aliphatic heterocycles. The van der Waals surface area contributed by atoms with Gasteiger partial charge in [0.2, 0.25) is 0 Å². The molecule has 0 amide bonds. The van der Waals surface area contributed by atoms with Crippen LogP contribution in [0.2, 0.25) is 0 Å². The molecule has 2 aliphatic rings. The fourth-order valence-corrected chi connectivity index (χ4v) is 2.66. The number of fused-ring (bicyclic) bond motifs is 1. The molecular formula is C10H15BrO6. The maximum atomic E-state index is 10.6. The van der Waals surface area contributed by atoms with Crippen LogP contribution in [0, 0.1) is 5.92 Å². The molecule has 0 radical (unpaired) electrons. The largest absolute Gasteiger partial charge is 0.481 e. The zero-order chi connectivity index (χ0) is 13.1. The van der Waals surface area contributed by atoms with Gasteiger partial charge in [-0.25, -0.2) is 0 Å². The summed E-state index contributed by atoms with van der Waals surface area (Å²) in [6, 6.07) is 0. The molecule has 0 aromatic carbocycles. The average Bonchev–Trinajstić information content (AvgIpc) is 2.64. The summed E-state index contributed by atoms with van der Waals surface area (Å²) in [6.45, 7) is 2.20. The number of carbonyl (C=O) groups is 2. The van der Waals surface area contributed by atoms with Crippen molar-refractivity contribution in [1.82, 2.24) is 0 Å². The predicted molar refractivity (Wildman–Crippen MR) is 61.0 cm³/mol. The van der Waals surface area contributed by atoms with Crippen molar-refractivity contribution in [2.24, 2.45) is 5.92 Å². The van der Waals surface area contributed by atoms with E-state index in [9.17, 15) is 4.79 Å². The molecule has 3 atom stereocenters. The number of hydrogen-bond acceptors (Lipinski definition) is 4. The van der Waals surface area contributed by atoms with Gasteiger partial charge in [-0.1, -0.05) is 15.9 Å². The van der Waals surface area contributed by atoms with E-state index in [4.69, 9.17) is 24.5 Å². The smallest absolute Gasteiger partial charge is 0.303 e. The highest BCUT2D eigenvalue weighted by molar-refractivity contribution is 9.10. The molecule has 0 unspecified atom stereocenters. The number of halogens is 1. The van der Waals surface area contributed by atoms with Crippen molar-refractivity contribution in [3.05, 3.63) is 0 Å². The molecule has 6 nitrogen and oxygen atoms in total. The van der Waals surface area contributed by atoms with Crippen LogP contribution >= 0.6 is 15.9 Å². The lowest BCUT2D eigenvalue weighted by molar-refractivity contribution is -0.138. The standard InChI is InChI=1S/C8H11BrO4.C2H4O2/c9-8-1-2-12-7(8)13-4-5(8)3-6(10)11;1-2(3)4/h5,7H,1-4H2,(H,10,11);1H3,(H,3,4)/t5-,7+,8+;/m1./s1. The van der Waals surface area contributed by atoms with Crippen molar-refractivity contribution in [3.63, 3.8) is 0 Å². The number of aliphatic carboxylic acids is 2. The van der Waals surface area contributed by atoms with Gasteiger partial charge in [-0.3, -0.25) is 9.59 Å². The first-order valence-corrected chi connectivity index (χ1v) is 5.99. The van der Waals surface area contributed by atoms with Gasteiger partial charge in [-0.2, -0.15) is 0 Å². The molecule has 98 valence electrons. The lowest BCUT2D eigenvalue weighted by Gasteiger charge is -2.23. The van der Waals surface area contributed by atoms with Crippen molar-refractivity contribution in [2.45, 2.75) is 30.4 Å². The third-order valence-electron chi connectivity index (χ3n) is 2.69. The SMILES string of the molecule is CC(=O)O.O=C(O)C[C@@H]1CO[C@@H]2OCC[C@]12Br. The third kappa shape index (κ3) is 3.65. The van der Waals surface area contributed by atoms with Gasteiger partial charge in [0.05, 0.1) is 24.0 Å². The summed E-state index contributed by atoms with van der Waals surface area (Å²) in [5.41, 5.74) is 0. The summed E-state index contributed by atoms with van der Waals surface area (Å²) in [5, 5.41) is 16.1. The zero-order valence-electron chi connectivity index (χ0n) is 9.39. The number of carboxylic acid groups (broad SMARTS) is 2. The molecule has 2 heterocycles. The number of rotatable bonds is 2. The lowest BCUT2D eigenvalue weighted by Crippen LogP contribution is -2.34. The number of hydrogen-bond donors (Lipinski definition) is 2. The van der Waals surface area contributed by atoms with E-state index < -0.39 is 11.9 Å². The van der Waals surface area contributed by atoms with Crippen molar-refractivity contribution in [2.75, 3.05) is 13.2 Å². The minimum atomic E-state index is -0.833. The highest BCUT2D eigenvalue weighted by atomic mass is 79.9. The van der Waals surface area contributed by atoms with Gasteiger partial charge in [-0.15, -0.1) is 0 Å². The van der Waals surface area contributed by atoms with Crippen molar-refractivity contribution < 1.29 is 29.3 Å². The molecule has 0 aliphatic carbocycles.